The molecule has 1 N–H and O–H groups in total. The average molecular weight is 262 g/mol. The molecule has 0 aliphatic carbocycles. The van der Waals surface area contributed by atoms with Gasteiger partial charge in [0.05, 0.1) is 0 Å². The van der Waals surface area contributed by atoms with E-state index in [0.717, 1.165) is 0 Å². The zero-order valence-corrected chi connectivity index (χ0v) is 12.7. The highest BCUT2D eigenvalue weighted by atomic mass is 16.3. The van der Waals surface area contributed by atoms with Gasteiger partial charge < -0.3 is 5.11 Å². The Hall–Kier alpha value is -0.980. The lowest BCUT2D eigenvalue weighted by Crippen LogP contribution is -1.98. The van der Waals surface area contributed by atoms with Crippen LogP contribution in [0, 0.1) is 0 Å². The molecule has 1 aromatic rings. The average Bonchev–Trinajstić information content (AvgIpc) is 2.42. The van der Waals surface area contributed by atoms with Gasteiger partial charge in [0.1, 0.15) is 5.75 Å². The lowest BCUT2D eigenvalue weighted by molar-refractivity contribution is 0.473. The Morgan fingerprint density at radius 1 is 0.789 bits per heavy atom. The molecule has 0 aromatic heterocycles. The normalized spacial score (nSPS) is 12.5. The van der Waals surface area contributed by atoms with Gasteiger partial charge in [-0.3, -0.25) is 0 Å². The highest BCUT2D eigenvalue weighted by molar-refractivity contribution is 5.28. The summed E-state index contributed by atoms with van der Waals surface area (Å²) >= 11 is 0. The number of aromatic hydroxyl groups is 1. The van der Waals surface area contributed by atoms with Crippen molar-refractivity contribution in [3.8, 4) is 5.75 Å². The van der Waals surface area contributed by atoms with Crippen LogP contribution >= 0.6 is 0 Å². The van der Waals surface area contributed by atoms with Crippen LogP contribution < -0.4 is 0 Å². The Balaban J connectivity index is 2.34. The second-order valence-corrected chi connectivity index (χ2v) is 5.63. The predicted octanol–water partition coefficient (Wildman–Crippen LogP) is 6.03. The molecule has 0 aliphatic heterocycles. The van der Waals surface area contributed by atoms with E-state index in [4.69, 9.17) is 0 Å². The summed E-state index contributed by atoms with van der Waals surface area (Å²) in [5, 5.41) is 9.36. The predicted molar refractivity (Wildman–Crippen MR) is 83.7 cm³/mol. The molecule has 0 saturated carbocycles. The van der Waals surface area contributed by atoms with Gasteiger partial charge in [-0.1, -0.05) is 70.9 Å². The minimum absolute atomic E-state index is 0.374. The third kappa shape index (κ3) is 6.66. The molecule has 19 heavy (non-hydrogen) atoms. The fraction of sp³-hybridized carbons (Fsp3) is 0.667. The second kappa shape index (κ2) is 9.89. The molecule has 1 unspecified atom stereocenters. The Bertz CT molecular complexity index is 315. The highest BCUT2D eigenvalue weighted by Crippen LogP contribution is 2.28. The van der Waals surface area contributed by atoms with Crippen molar-refractivity contribution in [3.05, 3.63) is 29.8 Å². The zero-order valence-electron chi connectivity index (χ0n) is 12.7. The fourth-order valence-corrected chi connectivity index (χ4v) is 2.74. The summed E-state index contributed by atoms with van der Waals surface area (Å²) in [5.74, 6) is 1.05. The minimum atomic E-state index is 0.374. The van der Waals surface area contributed by atoms with Gasteiger partial charge in [0, 0.05) is 0 Å². The van der Waals surface area contributed by atoms with Gasteiger partial charge in [0.25, 0.3) is 0 Å². The van der Waals surface area contributed by atoms with Gasteiger partial charge in [-0.15, -0.1) is 0 Å². The molecule has 1 nitrogen and oxygen atoms in total. The van der Waals surface area contributed by atoms with Crippen molar-refractivity contribution in [2.75, 3.05) is 0 Å². The van der Waals surface area contributed by atoms with E-state index < -0.39 is 0 Å². The number of phenolic OH excluding ortho intramolecular Hbond substituents is 1. The summed E-state index contributed by atoms with van der Waals surface area (Å²) in [6.45, 7) is 4.52. The molecule has 1 aromatic carbocycles. The number of phenols is 1. The molecular formula is C18H30O. The Morgan fingerprint density at radius 3 is 2.05 bits per heavy atom. The number of unbranched alkanes of at least 4 members (excludes halogenated alkanes) is 5. The Morgan fingerprint density at radius 2 is 1.42 bits per heavy atom. The maximum Gasteiger partial charge on any atom is 0.115 e. The van der Waals surface area contributed by atoms with E-state index >= 15 is 0 Å². The van der Waals surface area contributed by atoms with Crippen LogP contribution in [0.5, 0.6) is 5.75 Å². The van der Waals surface area contributed by atoms with Crippen LogP contribution in [0.2, 0.25) is 0 Å². The molecule has 0 radical (unpaired) electrons. The van der Waals surface area contributed by atoms with Crippen LogP contribution in [0.1, 0.15) is 83.1 Å². The van der Waals surface area contributed by atoms with Crippen molar-refractivity contribution in [2.45, 2.75) is 77.6 Å². The van der Waals surface area contributed by atoms with Gasteiger partial charge in [-0.2, -0.15) is 0 Å². The maximum absolute atomic E-state index is 9.36. The third-order valence-electron chi connectivity index (χ3n) is 3.91. The van der Waals surface area contributed by atoms with Crippen molar-refractivity contribution in [2.24, 2.45) is 0 Å². The lowest BCUT2D eigenvalue weighted by Gasteiger charge is -2.16. The Labute approximate surface area is 119 Å². The SMILES string of the molecule is CCCCCCCCC(CCC)c1ccc(O)cc1. The van der Waals surface area contributed by atoms with Gasteiger partial charge >= 0.3 is 0 Å². The molecule has 0 heterocycles. The van der Waals surface area contributed by atoms with E-state index in [0.29, 0.717) is 11.7 Å². The summed E-state index contributed by atoms with van der Waals surface area (Å²) in [7, 11) is 0. The Kier molecular flexibility index (Phi) is 8.36. The summed E-state index contributed by atoms with van der Waals surface area (Å²) < 4.78 is 0. The monoisotopic (exact) mass is 262 g/mol. The molecule has 0 aliphatic rings. The van der Waals surface area contributed by atoms with Crippen LogP contribution in [0.15, 0.2) is 24.3 Å². The first-order valence-electron chi connectivity index (χ1n) is 8.06. The van der Waals surface area contributed by atoms with E-state index in [9.17, 15) is 5.11 Å². The number of hydrogen-bond donors (Lipinski definition) is 1. The summed E-state index contributed by atoms with van der Waals surface area (Å²) in [4.78, 5) is 0. The van der Waals surface area contributed by atoms with Gasteiger partial charge in [-0.05, 0) is 36.5 Å². The van der Waals surface area contributed by atoms with Gasteiger partial charge in [0.15, 0.2) is 0 Å². The first-order valence-corrected chi connectivity index (χ1v) is 8.06. The van der Waals surface area contributed by atoms with Crippen molar-refractivity contribution >= 4 is 0 Å². The topological polar surface area (TPSA) is 20.2 Å². The second-order valence-electron chi connectivity index (χ2n) is 5.63. The van der Waals surface area contributed by atoms with Crippen LogP contribution in [-0.4, -0.2) is 5.11 Å². The summed E-state index contributed by atoms with van der Waals surface area (Å²) in [6.07, 6.45) is 12.0. The molecule has 0 saturated heterocycles. The van der Waals surface area contributed by atoms with Crippen molar-refractivity contribution in [1.29, 1.82) is 0 Å². The smallest absolute Gasteiger partial charge is 0.115 e. The molecule has 1 atom stereocenters. The molecule has 0 amide bonds. The number of benzene rings is 1. The standard InChI is InChI=1S/C18H30O/c1-3-5-6-7-8-9-11-16(10-4-2)17-12-14-18(19)15-13-17/h12-16,19H,3-11H2,1-2H3. The van der Waals surface area contributed by atoms with Gasteiger partial charge in [0.2, 0.25) is 0 Å². The van der Waals surface area contributed by atoms with Crippen molar-refractivity contribution in [3.63, 3.8) is 0 Å². The molecule has 0 fully saturated rings. The fourth-order valence-electron chi connectivity index (χ4n) is 2.74. The van der Waals surface area contributed by atoms with Gasteiger partial charge in [-0.25, -0.2) is 0 Å². The number of hydrogen-bond acceptors (Lipinski definition) is 1. The summed E-state index contributed by atoms with van der Waals surface area (Å²) in [5.41, 5.74) is 1.40. The van der Waals surface area contributed by atoms with Crippen LogP contribution in [0.25, 0.3) is 0 Å². The highest BCUT2D eigenvalue weighted by Gasteiger charge is 2.10. The summed E-state index contributed by atoms with van der Waals surface area (Å²) in [6, 6.07) is 7.82. The van der Waals surface area contributed by atoms with Crippen LogP contribution in [0.4, 0.5) is 0 Å². The first-order chi connectivity index (χ1) is 9.27. The first kappa shape index (κ1) is 16.1. The molecule has 0 bridgehead atoms. The third-order valence-corrected chi connectivity index (χ3v) is 3.91. The van der Waals surface area contributed by atoms with Crippen LogP contribution in [0.3, 0.4) is 0 Å². The molecule has 108 valence electrons. The van der Waals surface area contributed by atoms with E-state index in [1.165, 1.54) is 63.4 Å². The zero-order chi connectivity index (χ0) is 13.9. The maximum atomic E-state index is 9.36. The molecular weight excluding hydrogens is 232 g/mol. The van der Waals surface area contributed by atoms with E-state index in [1.807, 2.05) is 12.1 Å². The molecule has 0 spiro atoms. The molecule has 1 heteroatoms. The quantitative estimate of drug-likeness (QED) is 0.511. The van der Waals surface area contributed by atoms with Crippen molar-refractivity contribution in [1.82, 2.24) is 0 Å². The van der Waals surface area contributed by atoms with Crippen LogP contribution in [-0.2, 0) is 0 Å². The minimum Gasteiger partial charge on any atom is -0.508 e. The van der Waals surface area contributed by atoms with E-state index in [2.05, 4.69) is 26.0 Å². The molecule has 1 rings (SSSR count). The van der Waals surface area contributed by atoms with Crippen molar-refractivity contribution < 1.29 is 5.11 Å². The van der Waals surface area contributed by atoms with E-state index in [-0.39, 0.29) is 0 Å². The largest absolute Gasteiger partial charge is 0.508 e. The number of rotatable bonds is 10. The lowest BCUT2D eigenvalue weighted by atomic mass is 9.89. The van der Waals surface area contributed by atoms with E-state index in [1.54, 1.807) is 0 Å².